The van der Waals surface area contributed by atoms with E-state index < -0.39 is 17.5 Å². The predicted octanol–water partition coefficient (Wildman–Crippen LogP) is 0.947. The van der Waals surface area contributed by atoms with Crippen LogP contribution in [0.2, 0.25) is 0 Å². The van der Waals surface area contributed by atoms with Crippen molar-refractivity contribution >= 4 is 27.9 Å². The summed E-state index contributed by atoms with van der Waals surface area (Å²) in [5, 5.41) is 9.05. The molecule has 5 nitrogen and oxygen atoms in total. The van der Waals surface area contributed by atoms with Crippen LogP contribution in [0.25, 0.3) is 0 Å². The van der Waals surface area contributed by atoms with Crippen LogP contribution in [0.15, 0.2) is 28.7 Å². The van der Waals surface area contributed by atoms with Crippen molar-refractivity contribution in [2.24, 2.45) is 5.73 Å². The van der Waals surface area contributed by atoms with Gasteiger partial charge in [0.1, 0.15) is 0 Å². The predicted molar refractivity (Wildman–Crippen MR) is 64.4 cm³/mol. The first kappa shape index (κ1) is 13.7. The Hall–Kier alpha value is -1.40. The van der Waals surface area contributed by atoms with Crippen LogP contribution >= 0.6 is 15.9 Å². The van der Waals surface area contributed by atoms with Crippen molar-refractivity contribution in [3.05, 3.63) is 34.3 Å². The first-order chi connectivity index (χ1) is 7.91. The second-order valence-electron chi connectivity index (χ2n) is 3.54. The Morgan fingerprint density at radius 2 is 2.06 bits per heavy atom. The van der Waals surface area contributed by atoms with Gasteiger partial charge >= 0.3 is 11.9 Å². The van der Waals surface area contributed by atoms with E-state index in [1.807, 2.05) is 0 Å². The second kappa shape index (κ2) is 5.29. The number of methoxy groups -OCH3 is 1. The summed E-state index contributed by atoms with van der Waals surface area (Å²) >= 11 is 3.27. The summed E-state index contributed by atoms with van der Waals surface area (Å²) in [5.41, 5.74) is 4.16. The summed E-state index contributed by atoms with van der Waals surface area (Å²) < 4.78 is 5.12. The number of nitrogens with two attached hydrogens (primary N) is 1. The van der Waals surface area contributed by atoms with Crippen LogP contribution in [0.3, 0.4) is 0 Å². The van der Waals surface area contributed by atoms with Gasteiger partial charge in [0.15, 0.2) is 0 Å². The molecule has 0 radical (unpaired) electrons. The molecule has 0 heterocycles. The van der Waals surface area contributed by atoms with E-state index in [-0.39, 0.29) is 6.42 Å². The third-order valence-electron chi connectivity index (χ3n) is 2.36. The smallest absolute Gasteiger partial charge is 0.337 e. The highest BCUT2D eigenvalue weighted by Gasteiger charge is 2.44. The molecule has 0 bridgehead atoms. The number of carboxylic acids is 1. The van der Waals surface area contributed by atoms with Gasteiger partial charge < -0.3 is 15.6 Å². The van der Waals surface area contributed by atoms with Gasteiger partial charge in [0, 0.05) is 10.9 Å². The van der Waals surface area contributed by atoms with E-state index in [9.17, 15) is 9.59 Å². The van der Waals surface area contributed by atoms with Crippen LogP contribution in [0.1, 0.15) is 5.56 Å². The lowest BCUT2D eigenvalue weighted by molar-refractivity contribution is -0.159. The molecular weight excluding hydrogens is 290 g/mol. The Morgan fingerprint density at radius 1 is 1.47 bits per heavy atom. The number of aliphatic carboxylic acids is 1. The zero-order chi connectivity index (χ0) is 13.1. The quantitative estimate of drug-likeness (QED) is 0.638. The fraction of sp³-hybridized carbons (Fsp3) is 0.273. The largest absolute Gasteiger partial charge is 0.479 e. The number of ether oxygens (including phenoxy) is 1. The zero-order valence-electron chi connectivity index (χ0n) is 9.14. The van der Waals surface area contributed by atoms with E-state index in [4.69, 9.17) is 10.8 Å². The van der Waals surface area contributed by atoms with Gasteiger partial charge in [-0.25, -0.2) is 9.59 Å². The van der Waals surface area contributed by atoms with Gasteiger partial charge in [-0.2, -0.15) is 0 Å². The first-order valence-corrected chi connectivity index (χ1v) is 5.55. The van der Waals surface area contributed by atoms with Gasteiger partial charge in [-0.05, 0) is 11.6 Å². The molecule has 0 aromatic heterocycles. The third kappa shape index (κ3) is 2.83. The molecule has 0 aliphatic heterocycles. The molecule has 0 amide bonds. The molecule has 1 rings (SSSR count). The average molecular weight is 302 g/mol. The van der Waals surface area contributed by atoms with E-state index in [2.05, 4.69) is 20.7 Å². The molecule has 1 aromatic carbocycles. The summed E-state index contributed by atoms with van der Waals surface area (Å²) in [6, 6.07) is 6.96. The maximum Gasteiger partial charge on any atom is 0.337 e. The molecule has 6 heteroatoms. The van der Waals surface area contributed by atoms with E-state index in [1.165, 1.54) is 0 Å². The number of hydrogen-bond donors (Lipinski definition) is 2. The van der Waals surface area contributed by atoms with E-state index in [1.54, 1.807) is 24.3 Å². The number of carboxylic acid groups (broad SMARTS) is 1. The van der Waals surface area contributed by atoms with Crippen LogP contribution in [-0.2, 0) is 20.7 Å². The molecular formula is C11H12BrNO4. The van der Waals surface area contributed by atoms with Crippen molar-refractivity contribution in [1.82, 2.24) is 0 Å². The van der Waals surface area contributed by atoms with Crippen LogP contribution in [0, 0.1) is 0 Å². The van der Waals surface area contributed by atoms with Crippen LogP contribution < -0.4 is 5.73 Å². The molecule has 17 heavy (non-hydrogen) atoms. The minimum Gasteiger partial charge on any atom is -0.479 e. The van der Waals surface area contributed by atoms with Gasteiger partial charge in [0.25, 0.3) is 0 Å². The number of carbonyl (C=O) groups excluding carboxylic acids is 1. The van der Waals surface area contributed by atoms with Crippen molar-refractivity contribution in [2.45, 2.75) is 12.0 Å². The molecule has 0 fully saturated rings. The molecule has 0 spiro atoms. The molecule has 0 saturated heterocycles. The molecule has 0 aliphatic rings. The van der Waals surface area contributed by atoms with Crippen molar-refractivity contribution in [2.75, 3.05) is 7.11 Å². The fourth-order valence-electron chi connectivity index (χ4n) is 1.36. The SMILES string of the molecule is COC(=O)C(N)(Cc1ccccc1Br)C(=O)O. The molecule has 0 aliphatic carbocycles. The number of esters is 1. The van der Waals surface area contributed by atoms with E-state index >= 15 is 0 Å². The topological polar surface area (TPSA) is 89.6 Å². The van der Waals surface area contributed by atoms with Crippen LogP contribution in [0.4, 0.5) is 0 Å². The summed E-state index contributed by atoms with van der Waals surface area (Å²) in [6.07, 6.45) is -0.142. The van der Waals surface area contributed by atoms with Gasteiger partial charge in [-0.1, -0.05) is 34.1 Å². The maximum atomic E-state index is 11.4. The molecule has 92 valence electrons. The van der Waals surface area contributed by atoms with Crippen molar-refractivity contribution < 1.29 is 19.4 Å². The molecule has 0 saturated carbocycles. The molecule has 3 N–H and O–H groups in total. The highest BCUT2D eigenvalue weighted by atomic mass is 79.9. The molecule has 1 atom stereocenters. The van der Waals surface area contributed by atoms with Crippen molar-refractivity contribution in [3.8, 4) is 0 Å². The zero-order valence-corrected chi connectivity index (χ0v) is 10.7. The minimum absolute atomic E-state index is 0.142. The van der Waals surface area contributed by atoms with Crippen LogP contribution in [-0.4, -0.2) is 29.7 Å². The van der Waals surface area contributed by atoms with Crippen molar-refractivity contribution in [3.63, 3.8) is 0 Å². The number of rotatable bonds is 4. The third-order valence-corrected chi connectivity index (χ3v) is 3.13. The van der Waals surface area contributed by atoms with E-state index in [0.29, 0.717) is 10.0 Å². The summed E-state index contributed by atoms with van der Waals surface area (Å²) in [7, 11) is 1.10. The Kier molecular flexibility index (Phi) is 4.25. The normalized spacial score (nSPS) is 13.8. The summed E-state index contributed by atoms with van der Waals surface area (Å²) in [4.78, 5) is 22.5. The monoisotopic (exact) mass is 301 g/mol. The van der Waals surface area contributed by atoms with Gasteiger partial charge in [0.05, 0.1) is 7.11 Å². The Labute approximate surface area is 107 Å². The lowest BCUT2D eigenvalue weighted by Gasteiger charge is -2.22. The van der Waals surface area contributed by atoms with Crippen LogP contribution in [0.5, 0.6) is 0 Å². The Morgan fingerprint density at radius 3 is 2.53 bits per heavy atom. The number of benzene rings is 1. The van der Waals surface area contributed by atoms with Crippen molar-refractivity contribution in [1.29, 1.82) is 0 Å². The number of hydrogen-bond acceptors (Lipinski definition) is 4. The lowest BCUT2D eigenvalue weighted by atomic mass is 9.92. The average Bonchev–Trinajstić information content (AvgIpc) is 2.30. The Balaban J connectivity index is 3.08. The van der Waals surface area contributed by atoms with Gasteiger partial charge in [-0.15, -0.1) is 0 Å². The second-order valence-corrected chi connectivity index (χ2v) is 4.39. The fourth-order valence-corrected chi connectivity index (χ4v) is 1.78. The van der Waals surface area contributed by atoms with E-state index in [0.717, 1.165) is 7.11 Å². The van der Waals surface area contributed by atoms with Gasteiger partial charge in [0.2, 0.25) is 5.54 Å². The maximum absolute atomic E-state index is 11.4. The first-order valence-electron chi connectivity index (χ1n) is 4.76. The minimum atomic E-state index is -2.07. The Bertz CT molecular complexity index is 449. The number of halogens is 1. The lowest BCUT2D eigenvalue weighted by Crippen LogP contribution is -2.57. The summed E-state index contributed by atoms with van der Waals surface area (Å²) in [5.74, 6) is -2.39. The number of carbonyl (C=O) groups is 2. The highest BCUT2D eigenvalue weighted by molar-refractivity contribution is 9.10. The summed E-state index contributed by atoms with van der Waals surface area (Å²) in [6.45, 7) is 0. The highest BCUT2D eigenvalue weighted by Crippen LogP contribution is 2.21. The van der Waals surface area contributed by atoms with Gasteiger partial charge in [-0.3, -0.25) is 0 Å². The molecule has 1 aromatic rings. The standard InChI is InChI=1S/C11H12BrNO4/c1-17-10(16)11(13,9(14)15)6-7-4-2-3-5-8(7)12/h2-5H,6,13H2,1H3,(H,14,15). The molecule has 1 unspecified atom stereocenters.